The highest BCUT2D eigenvalue weighted by Crippen LogP contribution is 2.13. The quantitative estimate of drug-likeness (QED) is 0.485. The second-order valence-corrected chi connectivity index (χ2v) is 1.93. The fourth-order valence-corrected chi connectivity index (χ4v) is 0.736. The van der Waals surface area contributed by atoms with Gasteiger partial charge in [0.15, 0.2) is 12.2 Å². The molecule has 10 heavy (non-hydrogen) atoms. The number of aliphatic hydroxyl groups excluding tert-OH is 2. The molecule has 1 rings (SSSR count). The van der Waals surface area contributed by atoms with E-state index in [1.165, 1.54) is 0 Å². The molecule has 0 bridgehead atoms. The van der Waals surface area contributed by atoms with E-state index in [1.807, 2.05) is 0 Å². The van der Waals surface area contributed by atoms with E-state index in [4.69, 9.17) is 10.2 Å². The van der Waals surface area contributed by atoms with Crippen molar-refractivity contribution in [3.63, 3.8) is 0 Å². The number of cyclic esters (lactones) is 2. The van der Waals surface area contributed by atoms with Crippen molar-refractivity contribution in [2.75, 3.05) is 13.2 Å². The number of ether oxygens (including phenoxy) is 2. The third-order valence-electron chi connectivity index (χ3n) is 1.27. The topological polar surface area (TPSA) is 76.0 Å². The third-order valence-corrected chi connectivity index (χ3v) is 1.27. The van der Waals surface area contributed by atoms with Gasteiger partial charge in [0.1, 0.15) is 0 Å². The van der Waals surface area contributed by atoms with Crippen molar-refractivity contribution in [2.24, 2.45) is 0 Å². The lowest BCUT2D eigenvalue weighted by Gasteiger charge is -2.08. The molecule has 0 saturated carbocycles. The monoisotopic (exact) mass is 148 g/mol. The maximum atomic E-state index is 10.3. The molecule has 0 radical (unpaired) electrons. The third kappa shape index (κ3) is 1.19. The van der Waals surface area contributed by atoms with Crippen molar-refractivity contribution in [3.8, 4) is 0 Å². The molecule has 1 aliphatic heterocycles. The van der Waals surface area contributed by atoms with E-state index >= 15 is 0 Å². The summed E-state index contributed by atoms with van der Waals surface area (Å²) in [5.74, 6) is 0. The minimum Gasteiger partial charge on any atom is -0.424 e. The zero-order chi connectivity index (χ0) is 7.56. The van der Waals surface area contributed by atoms with Gasteiger partial charge in [-0.05, 0) is 0 Å². The van der Waals surface area contributed by atoms with Crippen LogP contribution in [0.4, 0.5) is 4.79 Å². The Kier molecular flexibility index (Phi) is 2.08. The summed E-state index contributed by atoms with van der Waals surface area (Å²) in [4.78, 5) is 10.3. The van der Waals surface area contributed by atoms with Crippen molar-refractivity contribution >= 4 is 6.16 Å². The van der Waals surface area contributed by atoms with Crippen molar-refractivity contribution < 1.29 is 24.5 Å². The van der Waals surface area contributed by atoms with Crippen LogP contribution in [-0.4, -0.2) is 41.8 Å². The van der Waals surface area contributed by atoms with Gasteiger partial charge in [0.05, 0.1) is 13.2 Å². The molecule has 0 aromatic rings. The van der Waals surface area contributed by atoms with Gasteiger partial charge in [0, 0.05) is 0 Å². The van der Waals surface area contributed by atoms with Crippen LogP contribution >= 0.6 is 0 Å². The summed E-state index contributed by atoms with van der Waals surface area (Å²) >= 11 is 0. The highest BCUT2D eigenvalue weighted by molar-refractivity contribution is 5.62. The van der Waals surface area contributed by atoms with Crippen LogP contribution in [0.1, 0.15) is 0 Å². The predicted molar refractivity (Wildman–Crippen MR) is 29.3 cm³/mol. The molecule has 0 spiro atoms. The standard InChI is InChI=1S/C5H8O5/c6-1-3-4(2-7)10-5(8)9-3/h3-4,6-7H,1-2H2. The van der Waals surface area contributed by atoms with Gasteiger partial charge >= 0.3 is 6.16 Å². The van der Waals surface area contributed by atoms with E-state index in [2.05, 4.69) is 9.47 Å². The molecular weight excluding hydrogens is 140 g/mol. The Hall–Kier alpha value is -0.810. The molecule has 0 aromatic heterocycles. The SMILES string of the molecule is O=C1OC(CO)C(CO)O1. The number of hydrogen-bond acceptors (Lipinski definition) is 5. The molecule has 1 saturated heterocycles. The van der Waals surface area contributed by atoms with Crippen LogP contribution in [0.3, 0.4) is 0 Å². The molecule has 2 unspecified atom stereocenters. The van der Waals surface area contributed by atoms with Gasteiger partial charge < -0.3 is 19.7 Å². The molecule has 58 valence electrons. The average molecular weight is 148 g/mol. The van der Waals surface area contributed by atoms with Gasteiger partial charge in [0.25, 0.3) is 0 Å². The summed E-state index contributed by atoms with van der Waals surface area (Å²) in [7, 11) is 0. The molecule has 5 nitrogen and oxygen atoms in total. The number of carbonyl (C=O) groups excluding carboxylic acids is 1. The Morgan fingerprint density at radius 3 is 1.90 bits per heavy atom. The summed E-state index contributed by atoms with van der Waals surface area (Å²) in [6, 6.07) is 0. The Labute approximate surface area is 57.2 Å². The minimum absolute atomic E-state index is 0.322. The van der Waals surface area contributed by atoms with Gasteiger partial charge in [-0.1, -0.05) is 0 Å². The van der Waals surface area contributed by atoms with Crippen LogP contribution in [0.2, 0.25) is 0 Å². The molecular formula is C5H8O5. The maximum absolute atomic E-state index is 10.3. The van der Waals surface area contributed by atoms with Crippen LogP contribution in [0.25, 0.3) is 0 Å². The fourth-order valence-electron chi connectivity index (χ4n) is 0.736. The minimum atomic E-state index is -0.835. The lowest BCUT2D eigenvalue weighted by atomic mass is 10.2. The number of aliphatic hydroxyl groups is 2. The van der Waals surface area contributed by atoms with Gasteiger partial charge in [-0.15, -0.1) is 0 Å². The largest absolute Gasteiger partial charge is 0.509 e. The number of carbonyl (C=O) groups is 1. The predicted octanol–water partition coefficient (Wildman–Crippen LogP) is -1.12. The number of hydrogen-bond donors (Lipinski definition) is 2. The van der Waals surface area contributed by atoms with E-state index in [0.29, 0.717) is 0 Å². The van der Waals surface area contributed by atoms with Crippen molar-refractivity contribution in [3.05, 3.63) is 0 Å². The second kappa shape index (κ2) is 2.85. The van der Waals surface area contributed by atoms with E-state index in [-0.39, 0.29) is 13.2 Å². The van der Waals surface area contributed by atoms with Crippen LogP contribution in [0.5, 0.6) is 0 Å². The van der Waals surface area contributed by atoms with Gasteiger partial charge in [-0.3, -0.25) is 0 Å². The van der Waals surface area contributed by atoms with E-state index in [9.17, 15) is 4.79 Å². The zero-order valence-electron chi connectivity index (χ0n) is 5.19. The molecule has 0 aliphatic carbocycles. The first kappa shape index (κ1) is 7.30. The Bertz CT molecular complexity index is 120. The second-order valence-electron chi connectivity index (χ2n) is 1.93. The van der Waals surface area contributed by atoms with Crippen LogP contribution < -0.4 is 0 Å². The fraction of sp³-hybridized carbons (Fsp3) is 0.800. The molecule has 0 amide bonds. The lowest BCUT2D eigenvalue weighted by Crippen LogP contribution is -2.29. The van der Waals surface area contributed by atoms with Gasteiger partial charge in [-0.2, -0.15) is 0 Å². The first-order valence-electron chi connectivity index (χ1n) is 2.87. The normalized spacial score (nSPS) is 31.6. The summed E-state index contributed by atoms with van der Waals surface area (Å²) in [6.45, 7) is -0.645. The zero-order valence-corrected chi connectivity index (χ0v) is 5.19. The van der Waals surface area contributed by atoms with Gasteiger partial charge in [0.2, 0.25) is 0 Å². The van der Waals surface area contributed by atoms with Crippen LogP contribution in [0.15, 0.2) is 0 Å². The molecule has 2 atom stereocenters. The van der Waals surface area contributed by atoms with Crippen molar-refractivity contribution in [1.82, 2.24) is 0 Å². The Morgan fingerprint density at radius 2 is 1.60 bits per heavy atom. The van der Waals surface area contributed by atoms with E-state index in [1.54, 1.807) is 0 Å². The van der Waals surface area contributed by atoms with Crippen molar-refractivity contribution in [2.45, 2.75) is 12.2 Å². The smallest absolute Gasteiger partial charge is 0.424 e. The summed E-state index contributed by atoms with van der Waals surface area (Å²) in [6.07, 6.45) is -2.26. The summed E-state index contributed by atoms with van der Waals surface area (Å²) < 4.78 is 8.89. The Morgan fingerprint density at radius 1 is 1.20 bits per heavy atom. The molecule has 5 heteroatoms. The summed E-state index contributed by atoms with van der Waals surface area (Å²) in [5.41, 5.74) is 0. The van der Waals surface area contributed by atoms with Gasteiger partial charge in [-0.25, -0.2) is 4.79 Å². The maximum Gasteiger partial charge on any atom is 0.509 e. The van der Waals surface area contributed by atoms with E-state index in [0.717, 1.165) is 0 Å². The lowest BCUT2D eigenvalue weighted by molar-refractivity contribution is 0.0525. The first-order chi connectivity index (χ1) is 4.77. The van der Waals surface area contributed by atoms with Crippen LogP contribution in [0, 0.1) is 0 Å². The van der Waals surface area contributed by atoms with Crippen LogP contribution in [-0.2, 0) is 9.47 Å². The number of rotatable bonds is 2. The summed E-state index contributed by atoms with van der Waals surface area (Å²) in [5, 5.41) is 17.0. The molecule has 2 N–H and O–H groups in total. The molecule has 1 fully saturated rings. The average Bonchev–Trinajstić information content (AvgIpc) is 2.30. The highest BCUT2D eigenvalue weighted by Gasteiger charge is 2.35. The molecule has 0 aromatic carbocycles. The highest BCUT2D eigenvalue weighted by atomic mass is 16.8. The first-order valence-corrected chi connectivity index (χ1v) is 2.87. The van der Waals surface area contributed by atoms with E-state index < -0.39 is 18.4 Å². The Balaban J connectivity index is 2.48. The van der Waals surface area contributed by atoms with Crippen molar-refractivity contribution in [1.29, 1.82) is 0 Å². The molecule has 1 heterocycles. The molecule has 1 aliphatic rings.